The van der Waals surface area contributed by atoms with Gasteiger partial charge in [0.05, 0.1) is 5.56 Å². The van der Waals surface area contributed by atoms with Crippen LogP contribution in [-0.2, 0) is 26.1 Å². The van der Waals surface area contributed by atoms with E-state index in [4.69, 9.17) is 24.3 Å². The van der Waals surface area contributed by atoms with Gasteiger partial charge in [-0.05, 0) is 47.9 Å². The number of carbonyl (C=O) groups excluding carboxylic acids is 1. The van der Waals surface area contributed by atoms with Crippen molar-refractivity contribution in [2.45, 2.75) is 77.4 Å². The van der Waals surface area contributed by atoms with E-state index in [2.05, 4.69) is 29.1 Å². The second kappa shape index (κ2) is 13.8. The van der Waals surface area contributed by atoms with Crippen molar-refractivity contribution in [3.8, 4) is 22.8 Å². The van der Waals surface area contributed by atoms with Crippen molar-refractivity contribution in [2.75, 3.05) is 0 Å². The third kappa shape index (κ3) is 7.09. The lowest BCUT2D eigenvalue weighted by atomic mass is 9.95. The van der Waals surface area contributed by atoms with Crippen LogP contribution < -0.4 is 15.2 Å². The van der Waals surface area contributed by atoms with E-state index in [9.17, 15) is 4.79 Å². The summed E-state index contributed by atoms with van der Waals surface area (Å²) in [7, 11) is 0. The highest BCUT2D eigenvalue weighted by atomic mass is 16.5. The number of nitrogens with two attached hydrogens (primary N) is 1. The molecule has 0 atom stereocenters. The monoisotopic (exact) mass is 606 g/mol. The summed E-state index contributed by atoms with van der Waals surface area (Å²) in [4.78, 5) is 17.2. The van der Waals surface area contributed by atoms with Gasteiger partial charge in [-0.15, -0.1) is 0 Å². The summed E-state index contributed by atoms with van der Waals surface area (Å²) in [6, 6.07) is 23.9. The minimum atomic E-state index is -0.668. The van der Waals surface area contributed by atoms with Gasteiger partial charge in [0, 0.05) is 24.0 Å². The molecule has 0 aliphatic heterocycles. The number of ether oxygens (including phenoxy) is 2. The largest absolute Gasteiger partial charge is 0.488 e. The van der Waals surface area contributed by atoms with Gasteiger partial charge in [0.25, 0.3) is 5.91 Å². The first kappa shape index (κ1) is 30.1. The van der Waals surface area contributed by atoms with Crippen molar-refractivity contribution in [3.63, 3.8) is 0 Å². The summed E-state index contributed by atoms with van der Waals surface area (Å²) >= 11 is 0. The fraction of sp³-hybridized carbons (Fsp3) is 0.333. The smallest absolute Gasteiger partial charge is 0.271 e. The standard InChI is InChI=1S/C36H38N4O5/c1-23(2)28-19-29(31(43-22-25-13-7-4-8-14-25)20-30(28)42-21-24-11-5-3-6-12-24)34-27(33(35(37)41)40-44-34)17-18-32-38-36(45-39-32)26-15-9-10-16-26/h3-8,11-14,19-20,23,26H,9-10,15-18,21-22H2,1-2H3,(H2,37,41). The van der Waals surface area contributed by atoms with Crippen LogP contribution in [0.5, 0.6) is 11.5 Å². The molecule has 9 nitrogen and oxygen atoms in total. The number of carbonyl (C=O) groups is 1. The molecule has 0 bridgehead atoms. The zero-order chi connectivity index (χ0) is 31.2. The summed E-state index contributed by atoms with van der Waals surface area (Å²) < 4.78 is 24.3. The average Bonchev–Trinajstić information content (AvgIpc) is 3.84. The van der Waals surface area contributed by atoms with E-state index < -0.39 is 5.91 Å². The van der Waals surface area contributed by atoms with Crippen LogP contribution >= 0.6 is 0 Å². The Morgan fingerprint density at radius 3 is 2.13 bits per heavy atom. The van der Waals surface area contributed by atoms with Crippen molar-refractivity contribution in [3.05, 3.63) is 112 Å². The lowest BCUT2D eigenvalue weighted by Crippen LogP contribution is -2.14. The number of primary amides is 1. The third-order valence-electron chi connectivity index (χ3n) is 8.26. The number of aryl methyl sites for hydroxylation is 1. The van der Waals surface area contributed by atoms with Gasteiger partial charge < -0.3 is 24.3 Å². The van der Waals surface area contributed by atoms with Gasteiger partial charge in [-0.25, -0.2) is 0 Å². The molecule has 45 heavy (non-hydrogen) atoms. The molecule has 0 unspecified atom stereocenters. The first-order valence-electron chi connectivity index (χ1n) is 15.6. The molecule has 1 aliphatic rings. The number of benzene rings is 3. The minimum absolute atomic E-state index is 0.0778. The van der Waals surface area contributed by atoms with E-state index in [-0.39, 0.29) is 11.6 Å². The number of aromatic nitrogens is 3. The number of hydrogen-bond acceptors (Lipinski definition) is 8. The second-order valence-electron chi connectivity index (χ2n) is 11.8. The van der Waals surface area contributed by atoms with Crippen LogP contribution in [0, 0.1) is 0 Å². The van der Waals surface area contributed by atoms with Crippen LogP contribution in [0.1, 0.15) is 95.8 Å². The number of amides is 1. The number of nitrogens with zero attached hydrogens (tertiary/aromatic N) is 3. The Morgan fingerprint density at radius 1 is 0.867 bits per heavy atom. The number of hydrogen-bond donors (Lipinski definition) is 1. The van der Waals surface area contributed by atoms with Gasteiger partial charge in [-0.3, -0.25) is 4.79 Å². The molecule has 1 saturated carbocycles. The Kier molecular flexibility index (Phi) is 9.24. The van der Waals surface area contributed by atoms with E-state index in [0.717, 1.165) is 29.5 Å². The average molecular weight is 607 g/mol. The summed E-state index contributed by atoms with van der Waals surface area (Å²) in [5.41, 5.74) is 10.1. The van der Waals surface area contributed by atoms with Gasteiger partial charge >= 0.3 is 0 Å². The van der Waals surface area contributed by atoms with Crippen LogP contribution in [-0.4, -0.2) is 21.2 Å². The fourth-order valence-corrected chi connectivity index (χ4v) is 5.81. The summed E-state index contributed by atoms with van der Waals surface area (Å²) in [5.74, 6) is 2.71. The molecule has 2 N–H and O–H groups in total. The van der Waals surface area contributed by atoms with E-state index in [1.54, 1.807) is 0 Å². The number of rotatable bonds is 13. The lowest BCUT2D eigenvalue weighted by molar-refractivity contribution is 0.0991. The van der Waals surface area contributed by atoms with Gasteiger partial charge in [0.1, 0.15) is 24.7 Å². The Labute approximate surface area is 262 Å². The summed E-state index contributed by atoms with van der Waals surface area (Å²) in [6.45, 7) is 4.94. The Bertz CT molecular complexity index is 1720. The zero-order valence-corrected chi connectivity index (χ0v) is 25.7. The third-order valence-corrected chi connectivity index (χ3v) is 8.26. The molecular weight excluding hydrogens is 568 g/mol. The molecule has 0 saturated heterocycles. The minimum Gasteiger partial charge on any atom is -0.488 e. The van der Waals surface area contributed by atoms with Crippen LogP contribution in [0.4, 0.5) is 0 Å². The van der Waals surface area contributed by atoms with Crippen LogP contribution in [0.2, 0.25) is 0 Å². The molecule has 0 radical (unpaired) electrons. The SMILES string of the molecule is CC(C)c1cc(-c2onc(C(N)=O)c2CCc2noc(C3CCCC3)n2)c(OCc2ccccc2)cc1OCc1ccccc1. The lowest BCUT2D eigenvalue weighted by Gasteiger charge is -2.19. The Balaban J connectivity index is 1.36. The van der Waals surface area contributed by atoms with Crippen molar-refractivity contribution in [1.29, 1.82) is 0 Å². The fourth-order valence-electron chi connectivity index (χ4n) is 5.81. The quantitative estimate of drug-likeness (QED) is 0.146. The van der Waals surface area contributed by atoms with Crippen molar-refractivity contribution >= 4 is 5.91 Å². The van der Waals surface area contributed by atoms with E-state index in [0.29, 0.717) is 72.1 Å². The van der Waals surface area contributed by atoms with Crippen molar-refractivity contribution < 1.29 is 23.3 Å². The topological polar surface area (TPSA) is 127 Å². The van der Waals surface area contributed by atoms with Crippen LogP contribution in [0.15, 0.2) is 81.8 Å². The maximum atomic E-state index is 12.5. The second-order valence-corrected chi connectivity index (χ2v) is 11.8. The van der Waals surface area contributed by atoms with E-state index >= 15 is 0 Å². The molecule has 1 fully saturated rings. The normalized spacial score (nSPS) is 13.4. The molecule has 2 heterocycles. The van der Waals surface area contributed by atoms with Crippen molar-refractivity contribution in [1.82, 2.24) is 15.3 Å². The predicted molar refractivity (Wildman–Crippen MR) is 169 cm³/mol. The van der Waals surface area contributed by atoms with Gasteiger partial charge in [-0.2, -0.15) is 4.98 Å². The molecule has 9 heteroatoms. The molecule has 0 spiro atoms. The molecule has 1 amide bonds. The Hall–Kier alpha value is -4.92. The van der Waals surface area contributed by atoms with Crippen molar-refractivity contribution in [2.24, 2.45) is 5.73 Å². The van der Waals surface area contributed by atoms with Gasteiger partial charge in [0.2, 0.25) is 5.89 Å². The highest BCUT2D eigenvalue weighted by Gasteiger charge is 2.27. The molecular formula is C36H38N4O5. The zero-order valence-electron chi connectivity index (χ0n) is 25.7. The predicted octanol–water partition coefficient (Wildman–Crippen LogP) is 7.55. The van der Waals surface area contributed by atoms with Crippen LogP contribution in [0.3, 0.4) is 0 Å². The molecule has 3 aromatic carbocycles. The van der Waals surface area contributed by atoms with Gasteiger partial charge in [0.15, 0.2) is 17.3 Å². The van der Waals surface area contributed by atoms with E-state index in [1.807, 2.05) is 72.8 Å². The molecule has 2 aromatic heterocycles. The van der Waals surface area contributed by atoms with Crippen LogP contribution in [0.25, 0.3) is 11.3 Å². The first-order chi connectivity index (χ1) is 22.0. The molecule has 5 aromatic rings. The maximum Gasteiger partial charge on any atom is 0.271 e. The first-order valence-corrected chi connectivity index (χ1v) is 15.6. The molecule has 1 aliphatic carbocycles. The highest BCUT2D eigenvalue weighted by Crippen LogP contribution is 2.42. The molecule has 6 rings (SSSR count). The van der Waals surface area contributed by atoms with E-state index in [1.165, 1.54) is 12.8 Å². The summed E-state index contributed by atoms with van der Waals surface area (Å²) in [6.07, 6.45) is 5.30. The Morgan fingerprint density at radius 2 is 1.51 bits per heavy atom. The highest BCUT2D eigenvalue weighted by molar-refractivity contribution is 5.94. The maximum absolute atomic E-state index is 12.5. The summed E-state index contributed by atoms with van der Waals surface area (Å²) in [5, 5.41) is 8.32. The molecule has 232 valence electrons. The van der Waals surface area contributed by atoms with Gasteiger partial charge in [-0.1, -0.05) is 97.7 Å².